The molecule has 1 heterocycles. The average Bonchev–Trinajstić information content (AvgIpc) is 2.72. The molecule has 4 nitrogen and oxygen atoms in total. The van der Waals surface area contributed by atoms with E-state index in [0.717, 1.165) is 32.2 Å². The largest absolute Gasteiger partial charge is 0.340 e. The Morgan fingerprint density at radius 1 is 1.11 bits per heavy atom. The molecule has 100 valence electrons. The molecule has 0 atom stereocenters. The van der Waals surface area contributed by atoms with Crippen LogP contribution in [0.5, 0.6) is 0 Å². The summed E-state index contributed by atoms with van der Waals surface area (Å²) in [6.45, 7) is 3.26. The third kappa shape index (κ3) is 1.82. The summed E-state index contributed by atoms with van der Waals surface area (Å²) in [5.41, 5.74) is -0.289. The molecule has 0 aromatic heterocycles. The molecule has 0 aromatic rings. The Morgan fingerprint density at radius 3 is 2.33 bits per heavy atom. The van der Waals surface area contributed by atoms with E-state index < -0.39 is 5.54 Å². The highest BCUT2D eigenvalue weighted by molar-refractivity contribution is 5.98. The number of nitrogens with zero attached hydrogens (tertiary/aromatic N) is 1. The van der Waals surface area contributed by atoms with Crippen LogP contribution in [0.1, 0.15) is 51.9 Å². The molecule has 0 aromatic carbocycles. The van der Waals surface area contributed by atoms with Crippen molar-refractivity contribution in [2.75, 3.05) is 13.1 Å². The monoisotopic (exact) mass is 250 g/mol. The summed E-state index contributed by atoms with van der Waals surface area (Å²) in [7, 11) is 0. The first kappa shape index (κ1) is 12.0. The SMILES string of the molecule is CC1(CN2CC(=O)NC3(CCCC3)C2=O)CCC1. The number of rotatable bonds is 2. The number of hydrogen-bond donors (Lipinski definition) is 1. The van der Waals surface area contributed by atoms with Crippen LogP contribution >= 0.6 is 0 Å². The Morgan fingerprint density at radius 2 is 1.78 bits per heavy atom. The van der Waals surface area contributed by atoms with Crippen LogP contribution in [0.3, 0.4) is 0 Å². The highest BCUT2D eigenvalue weighted by atomic mass is 16.2. The second-order valence-electron chi connectivity index (χ2n) is 6.66. The molecule has 2 aliphatic carbocycles. The van der Waals surface area contributed by atoms with Crippen LogP contribution in [0.15, 0.2) is 0 Å². The van der Waals surface area contributed by atoms with Gasteiger partial charge in [-0.05, 0) is 31.1 Å². The Bertz CT molecular complexity index is 381. The van der Waals surface area contributed by atoms with Gasteiger partial charge in [-0.25, -0.2) is 0 Å². The number of amides is 2. The Labute approximate surface area is 108 Å². The van der Waals surface area contributed by atoms with Gasteiger partial charge in [0.2, 0.25) is 11.8 Å². The minimum absolute atomic E-state index is 0.0272. The van der Waals surface area contributed by atoms with E-state index in [-0.39, 0.29) is 23.8 Å². The molecule has 1 aliphatic heterocycles. The average molecular weight is 250 g/mol. The van der Waals surface area contributed by atoms with Crippen molar-refractivity contribution in [3.05, 3.63) is 0 Å². The van der Waals surface area contributed by atoms with E-state index in [9.17, 15) is 9.59 Å². The summed E-state index contributed by atoms with van der Waals surface area (Å²) in [6, 6.07) is 0. The van der Waals surface area contributed by atoms with Gasteiger partial charge < -0.3 is 10.2 Å². The summed E-state index contributed by atoms with van der Waals surface area (Å²) in [5, 5.41) is 2.96. The van der Waals surface area contributed by atoms with E-state index >= 15 is 0 Å². The van der Waals surface area contributed by atoms with Crippen molar-refractivity contribution in [3.63, 3.8) is 0 Å². The van der Waals surface area contributed by atoms with Gasteiger partial charge in [-0.1, -0.05) is 26.2 Å². The lowest BCUT2D eigenvalue weighted by atomic mass is 9.70. The first-order valence-electron chi connectivity index (χ1n) is 7.14. The van der Waals surface area contributed by atoms with Crippen LogP contribution < -0.4 is 5.32 Å². The molecule has 3 rings (SSSR count). The molecule has 1 saturated heterocycles. The van der Waals surface area contributed by atoms with Gasteiger partial charge in [0.1, 0.15) is 5.54 Å². The summed E-state index contributed by atoms with van der Waals surface area (Å²) in [6.07, 6.45) is 7.39. The standard InChI is InChI=1S/C14H22N2O2/c1-13(5-4-6-13)10-16-9-11(17)15-14(12(16)18)7-2-3-8-14/h2-10H2,1H3,(H,15,17). The van der Waals surface area contributed by atoms with Crippen LogP contribution in [0.25, 0.3) is 0 Å². The minimum Gasteiger partial charge on any atom is -0.340 e. The van der Waals surface area contributed by atoms with Crippen molar-refractivity contribution in [1.82, 2.24) is 10.2 Å². The van der Waals surface area contributed by atoms with Crippen molar-refractivity contribution >= 4 is 11.8 Å². The van der Waals surface area contributed by atoms with E-state index in [1.807, 2.05) is 4.90 Å². The molecule has 4 heteroatoms. The third-order valence-corrected chi connectivity index (χ3v) is 5.00. The maximum atomic E-state index is 12.6. The summed E-state index contributed by atoms with van der Waals surface area (Å²) in [5.74, 6) is 0.201. The van der Waals surface area contributed by atoms with Crippen molar-refractivity contribution in [2.45, 2.75) is 57.4 Å². The molecule has 3 fully saturated rings. The molecule has 18 heavy (non-hydrogen) atoms. The molecule has 2 saturated carbocycles. The highest BCUT2D eigenvalue weighted by Crippen LogP contribution is 2.42. The van der Waals surface area contributed by atoms with Crippen molar-refractivity contribution < 1.29 is 9.59 Å². The van der Waals surface area contributed by atoms with Crippen molar-refractivity contribution in [1.29, 1.82) is 0 Å². The smallest absolute Gasteiger partial charge is 0.248 e. The summed E-state index contributed by atoms with van der Waals surface area (Å²) < 4.78 is 0. The fraction of sp³-hybridized carbons (Fsp3) is 0.857. The van der Waals surface area contributed by atoms with Crippen LogP contribution in [-0.4, -0.2) is 35.3 Å². The Balaban J connectivity index is 1.77. The summed E-state index contributed by atoms with van der Waals surface area (Å²) >= 11 is 0. The van der Waals surface area contributed by atoms with E-state index in [4.69, 9.17) is 0 Å². The van der Waals surface area contributed by atoms with Gasteiger partial charge >= 0.3 is 0 Å². The lowest BCUT2D eigenvalue weighted by molar-refractivity contribution is -0.152. The zero-order valence-corrected chi connectivity index (χ0v) is 11.1. The van der Waals surface area contributed by atoms with Crippen LogP contribution in [0, 0.1) is 5.41 Å². The van der Waals surface area contributed by atoms with Crippen LogP contribution in [0.4, 0.5) is 0 Å². The Hall–Kier alpha value is -1.06. The lowest BCUT2D eigenvalue weighted by Crippen LogP contribution is -2.66. The van der Waals surface area contributed by atoms with Gasteiger partial charge in [-0.15, -0.1) is 0 Å². The number of carbonyl (C=O) groups excluding carboxylic acids is 2. The zero-order valence-electron chi connectivity index (χ0n) is 11.1. The van der Waals surface area contributed by atoms with Gasteiger partial charge in [0.05, 0.1) is 6.54 Å². The predicted molar refractivity (Wildman–Crippen MR) is 67.9 cm³/mol. The maximum absolute atomic E-state index is 12.6. The number of hydrogen-bond acceptors (Lipinski definition) is 2. The molecule has 1 N–H and O–H groups in total. The minimum atomic E-state index is -0.546. The van der Waals surface area contributed by atoms with Gasteiger partial charge in [0.15, 0.2) is 0 Å². The van der Waals surface area contributed by atoms with E-state index in [2.05, 4.69) is 12.2 Å². The fourth-order valence-electron chi connectivity index (χ4n) is 3.75. The molecule has 2 amide bonds. The second-order valence-corrected chi connectivity index (χ2v) is 6.66. The normalized spacial score (nSPS) is 29.3. The molecule has 0 unspecified atom stereocenters. The van der Waals surface area contributed by atoms with Crippen molar-refractivity contribution in [2.24, 2.45) is 5.41 Å². The highest BCUT2D eigenvalue weighted by Gasteiger charge is 2.49. The van der Waals surface area contributed by atoms with Crippen LogP contribution in [-0.2, 0) is 9.59 Å². The first-order valence-corrected chi connectivity index (χ1v) is 7.14. The summed E-state index contributed by atoms with van der Waals surface area (Å²) in [4.78, 5) is 26.3. The fourth-order valence-corrected chi connectivity index (χ4v) is 3.75. The number of carbonyl (C=O) groups is 2. The first-order chi connectivity index (χ1) is 8.53. The Kier molecular flexibility index (Phi) is 2.65. The lowest BCUT2D eigenvalue weighted by Gasteiger charge is -2.46. The van der Waals surface area contributed by atoms with Gasteiger partial charge in [-0.3, -0.25) is 9.59 Å². The van der Waals surface area contributed by atoms with Gasteiger partial charge in [0, 0.05) is 6.54 Å². The topological polar surface area (TPSA) is 49.4 Å². The number of nitrogens with one attached hydrogen (secondary N) is 1. The molecular weight excluding hydrogens is 228 g/mol. The molecule has 3 aliphatic rings. The van der Waals surface area contributed by atoms with E-state index in [1.54, 1.807) is 0 Å². The molecular formula is C14H22N2O2. The van der Waals surface area contributed by atoms with Gasteiger partial charge in [0.25, 0.3) is 0 Å². The molecule has 1 spiro atoms. The predicted octanol–water partition coefficient (Wildman–Crippen LogP) is 1.45. The van der Waals surface area contributed by atoms with Crippen molar-refractivity contribution in [3.8, 4) is 0 Å². The van der Waals surface area contributed by atoms with Crippen LogP contribution in [0.2, 0.25) is 0 Å². The third-order valence-electron chi connectivity index (χ3n) is 5.00. The molecule has 0 bridgehead atoms. The van der Waals surface area contributed by atoms with Gasteiger partial charge in [-0.2, -0.15) is 0 Å². The molecule has 0 radical (unpaired) electrons. The quantitative estimate of drug-likeness (QED) is 0.806. The second kappa shape index (κ2) is 3.97. The maximum Gasteiger partial charge on any atom is 0.248 e. The zero-order chi connectivity index (χ0) is 12.8. The van der Waals surface area contributed by atoms with E-state index in [1.165, 1.54) is 19.3 Å². The van der Waals surface area contributed by atoms with E-state index in [0.29, 0.717) is 0 Å². The number of piperazine rings is 1.